The standard InChI is InChI=1S/C14H19N5/c15-8-10-2-1-3-11(10)9-18-13-5-4-12-14(19-13)17-7-6-16-12/h4-7,10-11H,1-3,8-9,15H2,(H,17,18,19). The van der Waals surface area contributed by atoms with Gasteiger partial charge in [0, 0.05) is 18.9 Å². The molecule has 2 aromatic heterocycles. The molecule has 1 saturated carbocycles. The summed E-state index contributed by atoms with van der Waals surface area (Å²) in [5, 5.41) is 3.41. The highest BCUT2D eigenvalue weighted by atomic mass is 15.0. The van der Waals surface area contributed by atoms with Gasteiger partial charge in [0.2, 0.25) is 0 Å². The summed E-state index contributed by atoms with van der Waals surface area (Å²) in [4.78, 5) is 12.9. The third-order valence-electron chi connectivity index (χ3n) is 4.00. The van der Waals surface area contributed by atoms with Crippen LogP contribution in [0.15, 0.2) is 24.5 Å². The van der Waals surface area contributed by atoms with E-state index in [-0.39, 0.29) is 0 Å². The van der Waals surface area contributed by atoms with E-state index in [1.165, 1.54) is 19.3 Å². The molecule has 0 aliphatic heterocycles. The van der Waals surface area contributed by atoms with E-state index >= 15 is 0 Å². The van der Waals surface area contributed by atoms with Gasteiger partial charge in [-0.2, -0.15) is 0 Å². The Kier molecular flexibility index (Phi) is 3.55. The highest BCUT2D eigenvalue weighted by Crippen LogP contribution is 2.30. The smallest absolute Gasteiger partial charge is 0.180 e. The Morgan fingerprint density at radius 1 is 1.16 bits per heavy atom. The Balaban J connectivity index is 1.68. The summed E-state index contributed by atoms with van der Waals surface area (Å²) in [6.07, 6.45) is 7.18. The first-order chi connectivity index (χ1) is 9.36. The molecule has 2 unspecified atom stereocenters. The first-order valence-corrected chi connectivity index (χ1v) is 6.88. The van der Waals surface area contributed by atoms with E-state index in [2.05, 4.69) is 20.3 Å². The average molecular weight is 257 g/mol. The fourth-order valence-corrected chi connectivity index (χ4v) is 2.88. The topological polar surface area (TPSA) is 76.7 Å². The molecule has 5 heteroatoms. The second-order valence-electron chi connectivity index (χ2n) is 5.16. The number of aromatic nitrogens is 3. The largest absolute Gasteiger partial charge is 0.370 e. The molecular formula is C14H19N5. The van der Waals surface area contributed by atoms with Gasteiger partial charge in [0.05, 0.1) is 0 Å². The van der Waals surface area contributed by atoms with Gasteiger partial charge in [-0.1, -0.05) is 6.42 Å². The van der Waals surface area contributed by atoms with Crippen LogP contribution in [-0.2, 0) is 0 Å². The molecule has 0 bridgehead atoms. The van der Waals surface area contributed by atoms with Crippen molar-refractivity contribution < 1.29 is 0 Å². The number of hydrogen-bond acceptors (Lipinski definition) is 5. The molecule has 0 radical (unpaired) electrons. The van der Waals surface area contributed by atoms with Crippen molar-refractivity contribution in [1.29, 1.82) is 0 Å². The maximum Gasteiger partial charge on any atom is 0.180 e. The monoisotopic (exact) mass is 257 g/mol. The van der Waals surface area contributed by atoms with Crippen molar-refractivity contribution in [1.82, 2.24) is 15.0 Å². The van der Waals surface area contributed by atoms with Crippen molar-refractivity contribution in [2.24, 2.45) is 17.6 Å². The van der Waals surface area contributed by atoms with E-state index in [1.807, 2.05) is 12.1 Å². The Morgan fingerprint density at radius 2 is 2.00 bits per heavy atom. The summed E-state index contributed by atoms with van der Waals surface area (Å²) in [6.45, 7) is 1.74. The highest BCUT2D eigenvalue weighted by Gasteiger charge is 2.25. The summed E-state index contributed by atoms with van der Waals surface area (Å²) in [6, 6.07) is 3.91. The van der Waals surface area contributed by atoms with Crippen LogP contribution < -0.4 is 11.1 Å². The van der Waals surface area contributed by atoms with Gasteiger partial charge >= 0.3 is 0 Å². The number of hydrogen-bond donors (Lipinski definition) is 2. The predicted molar refractivity (Wildman–Crippen MR) is 75.7 cm³/mol. The molecular weight excluding hydrogens is 238 g/mol. The van der Waals surface area contributed by atoms with E-state index < -0.39 is 0 Å². The van der Waals surface area contributed by atoms with Crippen LogP contribution >= 0.6 is 0 Å². The molecule has 3 N–H and O–H groups in total. The first kappa shape index (κ1) is 12.3. The van der Waals surface area contributed by atoms with Gasteiger partial charge < -0.3 is 11.1 Å². The third-order valence-corrected chi connectivity index (χ3v) is 4.00. The molecule has 2 heterocycles. The van der Waals surface area contributed by atoms with E-state index in [1.54, 1.807) is 12.4 Å². The number of rotatable bonds is 4. The lowest BCUT2D eigenvalue weighted by atomic mass is 9.96. The zero-order valence-corrected chi connectivity index (χ0v) is 10.9. The minimum Gasteiger partial charge on any atom is -0.370 e. The van der Waals surface area contributed by atoms with Gasteiger partial charge in [-0.3, -0.25) is 4.98 Å². The second kappa shape index (κ2) is 5.48. The molecule has 0 aromatic carbocycles. The zero-order valence-electron chi connectivity index (χ0n) is 10.9. The Morgan fingerprint density at radius 3 is 2.89 bits per heavy atom. The van der Waals surface area contributed by atoms with Crippen LogP contribution in [0.1, 0.15) is 19.3 Å². The van der Waals surface area contributed by atoms with E-state index in [9.17, 15) is 0 Å². The minimum absolute atomic E-state index is 0.660. The second-order valence-corrected chi connectivity index (χ2v) is 5.16. The molecule has 2 atom stereocenters. The highest BCUT2D eigenvalue weighted by molar-refractivity contribution is 5.71. The normalized spacial score (nSPS) is 22.8. The summed E-state index contributed by atoms with van der Waals surface area (Å²) in [5.74, 6) is 2.20. The Hall–Kier alpha value is -1.75. The molecule has 2 aromatic rings. The maximum atomic E-state index is 5.81. The number of nitrogens with one attached hydrogen (secondary N) is 1. The lowest BCUT2D eigenvalue weighted by Crippen LogP contribution is -2.24. The number of fused-ring (bicyclic) bond motifs is 1. The fourth-order valence-electron chi connectivity index (χ4n) is 2.88. The van der Waals surface area contributed by atoms with Crippen molar-refractivity contribution >= 4 is 17.0 Å². The molecule has 3 rings (SSSR count). The summed E-state index contributed by atoms with van der Waals surface area (Å²) in [5.41, 5.74) is 7.32. The van der Waals surface area contributed by atoms with Crippen LogP contribution in [-0.4, -0.2) is 28.0 Å². The maximum absolute atomic E-state index is 5.81. The van der Waals surface area contributed by atoms with Crippen molar-refractivity contribution in [3.8, 4) is 0 Å². The SMILES string of the molecule is NCC1CCCC1CNc1ccc2nccnc2n1. The molecule has 0 amide bonds. The summed E-state index contributed by atoms with van der Waals surface area (Å²) < 4.78 is 0. The quantitative estimate of drug-likeness (QED) is 0.873. The average Bonchev–Trinajstić information content (AvgIpc) is 2.92. The van der Waals surface area contributed by atoms with Gasteiger partial charge in [0.1, 0.15) is 11.3 Å². The number of nitrogens with two attached hydrogens (primary N) is 1. The molecule has 19 heavy (non-hydrogen) atoms. The van der Waals surface area contributed by atoms with Gasteiger partial charge in [-0.25, -0.2) is 9.97 Å². The lowest BCUT2D eigenvalue weighted by molar-refractivity contribution is 0.414. The summed E-state index contributed by atoms with van der Waals surface area (Å²) >= 11 is 0. The molecule has 1 aliphatic rings. The molecule has 100 valence electrons. The Labute approximate surface area is 112 Å². The van der Waals surface area contributed by atoms with Gasteiger partial charge in [-0.15, -0.1) is 0 Å². The van der Waals surface area contributed by atoms with E-state index in [0.29, 0.717) is 17.5 Å². The van der Waals surface area contributed by atoms with Crippen LogP contribution in [0.25, 0.3) is 11.2 Å². The third kappa shape index (κ3) is 2.66. The zero-order chi connectivity index (χ0) is 13.1. The molecule has 1 aliphatic carbocycles. The van der Waals surface area contributed by atoms with Crippen LogP contribution in [0, 0.1) is 11.8 Å². The minimum atomic E-state index is 0.660. The molecule has 5 nitrogen and oxygen atoms in total. The van der Waals surface area contributed by atoms with Crippen LogP contribution in [0.5, 0.6) is 0 Å². The summed E-state index contributed by atoms with van der Waals surface area (Å²) in [7, 11) is 0. The van der Waals surface area contributed by atoms with Gasteiger partial charge in [-0.05, 0) is 43.4 Å². The van der Waals surface area contributed by atoms with Gasteiger partial charge in [0.25, 0.3) is 0 Å². The predicted octanol–water partition coefficient (Wildman–Crippen LogP) is 1.81. The van der Waals surface area contributed by atoms with Crippen LogP contribution in [0.2, 0.25) is 0 Å². The van der Waals surface area contributed by atoms with Crippen molar-refractivity contribution in [3.63, 3.8) is 0 Å². The van der Waals surface area contributed by atoms with Crippen molar-refractivity contribution in [2.75, 3.05) is 18.4 Å². The van der Waals surface area contributed by atoms with Gasteiger partial charge in [0.15, 0.2) is 5.65 Å². The van der Waals surface area contributed by atoms with Crippen LogP contribution in [0.4, 0.5) is 5.82 Å². The first-order valence-electron chi connectivity index (χ1n) is 6.88. The fraction of sp³-hybridized carbons (Fsp3) is 0.500. The van der Waals surface area contributed by atoms with E-state index in [4.69, 9.17) is 5.73 Å². The lowest BCUT2D eigenvalue weighted by Gasteiger charge is -2.18. The molecule has 0 spiro atoms. The number of anilines is 1. The van der Waals surface area contributed by atoms with Crippen molar-refractivity contribution in [3.05, 3.63) is 24.5 Å². The van der Waals surface area contributed by atoms with Crippen LogP contribution in [0.3, 0.4) is 0 Å². The van der Waals surface area contributed by atoms with Crippen molar-refractivity contribution in [2.45, 2.75) is 19.3 Å². The van der Waals surface area contributed by atoms with E-state index in [0.717, 1.165) is 24.4 Å². The molecule has 1 fully saturated rings. The number of nitrogens with zero attached hydrogens (tertiary/aromatic N) is 3. The molecule has 0 saturated heterocycles. The number of pyridine rings is 1. The Bertz CT molecular complexity index is 556.